The molecule has 0 bridgehead atoms. The molecule has 1 fully saturated rings. The summed E-state index contributed by atoms with van der Waals surface area (Å²) >= 11 is 0. The Hall–Kier alpha value is -0.850. The highest BCUT2D eigenvalue weighted by Crippen LogP contribution is 2.23. The lowest BCUT2D eigenvalue weighted by Gasteiger charge is -2.37. The van der Waals surface area contributed by atoms with Crippen LogP contribution >= 0.6 is 0 Å². The summed E-state index contributed by atoms with van der Waals surface area (Å²) in [5.74, 6) is 5.09. The van der Waals surface area contributed by atoms with Crippen LogP contribution in [-0.2, 0) is 4.84 Å². The maximum atomic E-state index is 11.4. The minimum atomic E-state index is -0.371. The van der Waals surface area contributed by atoms with Crippen molar-refractivity contribution < 1.29 is 9.63 Å². The molecule has 1 aliphatic carbocycles. The number of hydrogen-bond acceptors (Lipinski definition) is 4. The van der Waals surface area contributed by atoms with Gasteiger partial charge in [0.1, 0.15) is 0 Å². The summed E-state index contributed by atoms with van der Waals surface area (Å²) in [5, 5.41) is 1.41. The van der Waals surface area contributed by atoms with Gasteiger partial charge in [0.25, 0.3) is 0 Å². The van der Waals surface area contributed by atoms with Crippen molar-refractivity contribution in [3.63, 3.8) is 0 Å². The van der Waals surface area contributed by atoms with Gasteiger partial charge in [-0.1, -0.05) is 0 Å². The molecule has 0 spiro atoms. The molecule has 1 saturated carbocycles. The van der Waals surface area contributed by atoms with Gasteiger partial charge in [-0.25, -0.2) is 15.6 Å². The van der Waals surface area contributed by atoms with E-state index in [1.807, 2.05) is 20.8 Å². The molecule has 0 aromatic carbocycles. The SMILES string of the molecule is CC(C)(C)ONN(C(=O)NN)C1CCC1. The zero-order valence-corrected chi connectivity index (χ0v) is 9.54. The Morgan fingerprint density at radius 2 is 2.07 bits per heavy atom. The van der Waals surface area contributed by atoms with Gasteiger partial charge in [-0.15, -0.1) is 5.59 Å². The second kappa shape index (κ2) is 4.78. The first-order valence-corrected chi connectivity index (χ1v) is 5.17. The van der Waals surface area contributed by atoms with Crippen LogP contribution in [0, 0.1) is 0 Å². The Morgan fingerprint density at radius 3 is 2.40 bits per heavy atom. The third-order valence-corrected chi connectivity index (χ3v) is 2.23. The number of carbonyl (C=O) groups is 1. The van der Waals surface area contributed by atoms with Crippen LogP contribution < -0.4 is 16.9 Å². The number of hydrazine groups is 2. The molecule has 88 valence electrons. The molecule has 0 aliphatic heterocycles. The molecule has 0 saturated heterocycles. The van der Waals surface area contributed by atoms with E-state index < -0.39 is 0 Å². The van der Waals surface area contributed by atoms with Crippen molar-refractivity contribution in [2.75, 3.05) is 0 Å². The highest BCUT2D eigenvalue weighted by Gasteiger charge is 2.29. The Kier molecular flexibility index (Phi) is 3.90. The average molecular weight is 216 g/mol. The molecular weight excluding hydrogens is 196 g/mol. The van der Waals surface area contributed by atoms with Crippen molar-refractivity contribution in [1.29, 1.82) is 0 Å². The van der Waals surface area contributed by atoms with Crippen molar-refractivity contribution in [1.82, 2.24) is 16.0 Å². The van der Waals surface area contributed by atoms with Crippen molar-refractivity contribution in [3.05, 3.63) is 0 Å². The van der Waals surface area contributed by atoms with Gasteiger partial charge >= 0.3 is 6.03 Å². The molecule has 0 radical (unpaired) electrons. The zero-order chi connectivity index (χ0) is 11.5. The van der Waals surface area contributed by atoms with E-state index in [4.69, 9.17) is 10.7 Å². The maximum absolute atomic E-state index is 11.4. The summed E-state index contributed by atoms with van der Waals surface area (Å²) < 4.78 is 0. The standard InChI is InChI=1S/C9H20N4O2/c1-9(2,3)15-12-13(8(14)11-10)7-5-4-6-7/h7,12H,4-6,10H2,1-3H3,(H,11,14). The fourth-order valence-corrected chi connectivity index (χ4v) is 1.18. The van der Waals surface area contributed by atoms with E-state index in [0.717, 1.165) is 19.3 Å². The molecule has 15 heavy (non-hydrogen) atoms. The molecule has 6 heteroatoms. The first kappa shape index (κ1) is 12.2. The van der Waals surface area contributed by atoms with E-state index in [1.54, 1.807) is 0 Å². The topological polar surface area (TPSA) is 79.6 Å². The van der Waals surface area contributed by atoms with Crippen LogP contribution in [0.2, 0.25) is 0 Å². The zero-order valence-electron chi connectivity index (χ0n) is 9.54. The Morgan fingerprint density at radius 1 is 1.47 bits per heavy atom. The summed E-state index contributed by atoms with van der Waals surface area (Å²) in [7, 11) is 0. The second-order valence-corrected chi connectivity index (χ2v) is 4.71. The van der Waals surface area contributed by atoms with E-state index in [0.29, 0.717) is 0 Å². The summed E-state index contributed by atoms with van der Waals surface area (Å²) in [6.45, 7) is 5.71. The van der Waals surface area contributed by atoms with Crippen LogP contribution in [0.5, 0.6) is 0 Å². The maximum Gasteiger partial charge on any atom is 0.347 e. The van der Waals surface area contributed by atoms with E-state index in [2.05, 4.69) is 11.0 Å². The van der Waals surface area contributed by atoms with Crippen LogP contribution in [0.25, 0.3) is 0 Å². The Bertz CT molecular complexity index is 223. The van der Waals surface area contributed by atoms with Gasteiger partial charge in [0.2, 0.25) is 0 Å². The number of nitrogens with zero attached hydrogens (tertiary/aromatic N) is 1. The van der Waals surface area contributed by atoms with Gasteiger partial charge in [0.15, 0.2) is 0 Å². The third kappa shape index (κ3) is 3.65. The van der Waals surface area contributed by atoms with Gasteiger partial charge < -0.3 is 0 Å². The lowest BCUT2D eigenvalue weighted by Crippen LogP contribution is -2.58. The summed E-state index contributed by atoms with van der Waals surface area (Å²) in [5.41, 5.74) is 4.40. The van der Waals surface area contributed by atoms with Gasteiger partial charge in [-0.3, -0.25) is 10.3 Å². The molecule has 0 aromatic heterocycles. The highest BCUT2D eigenvalue weighted by atomic mass is 16.7. The summed E-state index contributed by atoms with van der Waals surface area (Å²) in [6.07, 6.45) is 3.10. The minimum absolute atomic E-state index is 0.177. The van der Waals surface area contributed by atoms with Crippen LogP contribution in [-0.4, -0.2) is 22.7 Å². The molecule has 0 atom stereocenters. The number of amides is 2. The van der Waals surface area contributed by atoms with Crippen LogP contribution in [0.15, 0.2) is 0 Å². The van der Waals surface area contributed by atoms with Gasteiger partial charge in [-0.05, 0) is 40.0 Å². The summed E-state index contributed by atoms with van der Waals surface area (Å²) in [4.78, 5) is 16.7. The normalized spacial score (nSPS) is 17.1. The van der Waals surface area contributed by atoms with E-state index in [9.17, 15) is 4.79 Å². The average Bonchev–Trinajstić information content (AvgIpc) is 2.06. The number of urea groups is 1. The lowest BCUT2D eigenvalue weighted by atomic mass is 9.93. The monoisotopic (exact) mass is 216 g/mol. The molecule has 0 heterocycles. The lowest BCUT2D eigenvalue weighted by molar-refractivity contribution is -0.155. The molecule has 0 aromatic rings. The first-order chi connectivity index (χ1) is 6.94. The minimum Gasteiger partial charge on any atom is -0.276 e. The number of hydrogen-bond donors (Lipinski definition) is 3. The van der Waals surface area contributed by atoms with E-state index >= 15 is 0 Å². The number of rotatable bonds is 3. The molecule has 2 amide bonds. The smallest absolute Gasteiger partial charge is 0.276 e. The molecule has 0 unspecified atom stereocenters. The third-order valence-electron chi connectivity index (χ3n) is 2.23. The van der Waals surface area contributed by atoms with E-state index in [1.165, 1.54) is 5.01 Å². The number of nitrogens with one attached hydrogen (secondary N) is 2. The van der Waals surface area contributed by atoms with Crippen LogP contribution in [0.3, 0.4) is 0 Å². The Labute approximate surface area is 90.0 Å². The summed E-state index contributed by atoms with van der Waals surface area (Å²) in [6, 6.07) is -0.195. The molecule has 6 nitrogen and oxygen atoms in total. The van der Waals surface area contributed by atoms with Crippen molar-refractivity contribution in [2.24, 2.45) is 5.84 Å². The van der Waals surface area contributed by atoms with Gasteiger partial charge in [0.05, 0.1) is 11.6 Å². The number of nitrogens with two attached hydrogens (primary N) is 1. The predicted octanol–water partition coefficient (Wildman–Crippen LogP) is 0.659. The van der Waals surface area contributed by atoms with Crippen LogP contribution in [0.1, 0.15) is 40.0 Å². The number of carbonyl (C=O) groups excluding carboxylic acids is 1. The Balaban J connectivity index is 2.45. The quantitative estimate of drug-likeness (QED) is 0.368. The fraction of sp³-hybridized carbons (Fsp3) is 0.889. The second-order valence-electron chi connectivity index (χ2n) is 4.71. The molecule has 1 aliphatic rings. The van der Waals surface area contributed by atoms with Crippen LogP contribution in [0.4, 0.5) is 4.79 Å². The van der Waals surface area contributed by atoms with E-state index in [-0.39, 0.29) is 17.7 Å². The molecular formula is C9H20N4O2. The first-order valence-electron chi connectivity index (χ1n) is 5.17. The largest absolute Gasteiger partial charge is 0.347 e. The van der Waals surface area contributed by atoms with Crippen molar-refractivity contribution in [2.45, 2.75) is 51.7 Å². The van der Waals surface area contributed by atoms with Crippen molar-refractivity contribution in [3.8, 4) is 0 Å². The van der Waals surface area contributed by atoms with Crippen molar-refractivity contribution >= 4 is 6.03 Å². The molecule has 1 rings (SSSR count). The van der Waals surface area contributed by atoms with Gasteiger partial charge in [-0.2, -0.15) is 0 Å². The molecule has 4 N–H and O–H groups in total. The fourth-order valence-electron chi connectivity index (χ4n) is 1.18. The highest BCUT2D eigenvalue weighted by molar-refractivity contribution is 5.73. The van der Waals surface area contributed by atoms with Gasteiger partial charge in [0, 0.05) is 0 Å². The predicted molar refractivity (Wildman–Crippen MR) is 56.2 cm³/mol.